The van der Waals surface area contributed by atoms with Gasteiger partial charge in [-0.25, -0.2) is 0 Å². The maximum Gasteiger partial charge on any atom is 0.155 e. The molecule has 2 heteroatoms. The van der Waals surface area contributed by atoms with Gasteiger partial charge in [-0.05, 0) is 86.5 Å². The van der Waals surface area contributed by atoms with Crippen molar-refractivity contribution in [3.8, 4) is 0 Å². The molecule has 0 aliphatic heterocycles. The van der Waals surface area contributed by atoms with Crippen molar-refractivity contribution in [3.63, 3.8) is 0 Å². The lowest BCUT2D eigenvalue weighted by Crippen LogP contribution is -2.52. The number of ketones is 1. The molecule has 0 saturated heterocycles. The molecule has 1 N–H and O–H groups in total. The van der Waals surface area contributed by atoms with Crippen LogP contribution < -0.4 is 0 Å². The lowest BCUT2D eigenvalue weighted by Gasteiger charge is -2.55. The first-order valence-electron chi connectivity index (χ1n) is 9.44. The van der Waals surface area contributed by atoms with Gasteiger partial charge in [-0.15, -0.1) is 0 Å². The summed E-state index contributed by atoms with van der Waals surface area (Å²) in [5.74, 6) is 3.30. The number of aliphatic hydroxyl groups is 1. The summed E-state index contributed by atoms with van der Waals surface area (Å²) >= 11 is 0. The molecule has 0 spiro atoms. The van der Waals surface area contributed by atoms with Crippen molar-refractivity contribution in [3.05, 3.63) is 11.6 Å². The first-order valence-corrected chi connectivity index (χ1v) is 9.44. The van der Waals surface area contributed by atoms with E-state index in [2.05, 4.69) is 13.8 Å². The zero-order valence-corrected chi connectivity index (χ0v) is 14.1. The lowest BCUT2D eigenvalue weighted by atomic mass is 9.50. The lowest BCUT2D eigenvalue weighted by molar-refractivity contribution is -0.122. The Morgan fingerprint density at radius 2 is 1.95 bits per heavy atom. The van der Waals surface area contributed by atoms with Crippen LogP contribution in [0.25, 0.3) is 0 Å². The fraction of sp³-hybridized carbons (Fsp3) is 0.850. The van der Waals surface area contributed by atoms with Crippen molar-refractivity contribution in [1.29, 1.82) is 0 Å². The smallest absolute Gasteiger partial charge is 0.155 e. The highest BCUT2D eigenvalue weighted by atomic mass is 16.3. The van der Waals surface area contributed by atoms with Crippen molar-refractivity contribution < 1.29 is 9.90 Å². The molecule has 0 aromatic carbocycles. The number of hydrogen-bond acceptors (Lipinski definition) is 2. The van der Waals surface area contributed by atoms with Crippen LogP contribution in [-0.4, -0.2) is 16.5 Å². The average molecular weight is 302 g/mol. The molecule has 6 atom stereocenters. The molecule has 122 valence electrons. The molecule has 4 aliphatic carbocycles. The van der Waals surface area contributed by atoms with E-state index in [1.165, 1.54) is 31.3 Å². The Labute approximate surface area is 134 Å². The van der Waals surface area contributed by atoms with E-state index in [4.69, 9.17) is 0 Å². The van der Waals surface area contributed by atoms with E-state index in [9.17, 15) is 9.90 Å². The first kappa shape index (κ1) is 14.9. The fourth-order valence-corrected chi connectivity index (χ4v) is 6.87. The minimum Gasteiger partial charge on any atom is -0.389 e. The zero-order valence-electron chi connectivity index (χ0n) is 14.1. The summed E-state index contributed by atoms with van der Waals surface area (Å²) in [6.45, 7) is 4.54. The molecule has 0 heterocycles. The summed E-state index contributed by atoms with van der Waals surface area (Å²) in [4.78, 5) is 11.7. The molecule has 2 nitrogen and oxygen atoms in total. The Morgan fingerprint density at radius 3 is 2.73 bits per heavy atom. The van der Waals surface area contributed by atoms with Gasteiger partial charge in [0, 0.05) is 6.42 Å². The Hall–Kier alpha value is -0.630. The van der Waals surface area contributed by atoms with Gasteiger partial charge in [-0.1, -0.05) is 19.4 Å². The fourth-order valence-electron chi connectivity index (χ4n) is 6.87. The van der Waals surface area contributed by atoms with Crippen LogP contribution in [0.1, 0.15) is 71.6 Å². The normalized spacial score (nSPS) is 50.9. The first-order chi connectivity index (χ1) is 10.5. The van der Waals surface area contributed by atoms with Crippen molar-refractivity contribution in [2.75, 3.05) is 0 Å². The molecule has 4 rings (SSSR count). The van der Waals surface area contributed by atoms with Gasteiger partial charge in [0.15, 0.2) is 5.78 Å². The third kappa shape index (κ3) is 1.85. The van der Waals surface area contributed by atoms with Gasteiger partial charge in [-0.2, -0.15) is 0 Å². The summed E-state index contributed by atoms with van der Waals surface area (Å²) in [5.41, 5.74) is 1.17. The average Bonchev–Trinajstić information content (AvgIpc) is 2.79. The quantitative estimate of drug-likeness (QED) is 0.785. The Balaban J connectivity index is 1.63. The largest absolute Gasteiger partial charge is 0.389 e. The standard InChI is InChI=1S/C20H30O2/c1-3-20(22)11-9-18-17-6-4-13-12-14(21)5-7-15(13)16(17)8-10-19(18,20)2/h12,15-18,22H,3-11H2,1-2H3/t15-,16+,17+,18+,19-,20-/m0/s1. The maximum absolute atomic E-state index is 11.7. The van der Waals surface area contributed by atoms with Gasteiger partial charge in [0.2, 0.25) is 0 Å². The van der Waals surface area contributed by atoms with E-state index in [1.54, 1.807) is 0 Å². The van der Waals surface area contributed by atoms with Crippen LogP contribution >= 0.6 is 0 Å². The third-order valence-electron chi connectivity index (χ3n) is 8.21. The molecule has 0 radical (unpaired) electrons. The summed E-state index contributed by atoms with van der Waals surface area (Å²) in [6, 6.07) is 0. The topological polar surface area (TPSA) is 37.3 Å². The van der Waals surface area contributed by atoms with Crippen LogP contribution in [0.3, 0.4) is 0 Å². The number of hydrogen-bond donors (Lipinski definition) is 1. The van der Waals surface area contributed by atoms with E-state index in [-0.39, 0.29) is 5.41 Å². The van der Waals surface area contributed by atoms with Gasteiger partial charge < -0.3 is 5.11 Å². The van der Waals surface area contributed by atoms with Crippen molar-refractivity contribution in [1.82, 2.24) is 0 Å². The predicted octanol–water partition coefficient (Wildman–Crippen LogP) is 4.27. The molecule has 0 amide bonds. The van der Waals surface area contributed by atoms with Gasteiger partial charge in [0.1, 0.15) is 0 Å². The van der Waals surface area contributed by atoms with Crippen LogP contribution in [0.15, 0.2) is 11.6 Å². The summed E-state index contributed by atoms with van der Waals surface area (Å²) in [7, 11) is 0. The van der Waals surface area contributed by atoms with E-state index < -0.39 is 5.60 Å². The SMILES string of the molecule is CC[C@]1(O)CC[C@@H]2[C@@H]3CCC4=CC(=O)CC[C@@H]4[C@H]3CC[C@@]21C. The van der Waals surface area contributed by atoms with Gasteiger partial charge >= 0.3 is 0 Å². The van der Waals surface area contributed by atoms with Gasteiger partial charge in [0.25, 0.3) is 0 Å². The van der Waals surface area contributed by atoms with E-state index in [1.807, 2.05) is 6.08 Å². The predicted molar refractivity (Wildman–Crippen MR) is 87.3 cm³/mol. The molecule has 0 bridgehead atoms. The summed E-state index contributed by atoms with van der Waals surface area (Å²) in [6.07, 6.45) is 11.8. The number of allylic oxidation sites excluding steroid dienone is 1. The number of fused-ring (bicyclic) bond motifs is 5. The van der Waals surface area contributed by atoms with Gasteiger partial charge in [-0.3, -0.25) is 4.79 Å². The molecule has 0 unspecified atom stereocenters. The summed E-state index contributed by atoms with van der Waals surface area (Å²) < 4.78 is 0. The van der Waals surface area contributed by atoms with Gasteiger partial charge in [0.05, 0.1) is 5.60 Å². The Bertz CT molecular complexity index is 522. The number of rotatable bonds is 1. The van der Waals surface area contributed by atoms with Crippen LogP contribution in [0, 0.1) is 29.1 Å². The Morgan fingerprint density at radius 1 is 1.14 bits per heavy atom. The molecule has 3 fully saturated rings. The van der Waals surface area contributed by atoms with Crippen LogP contribution in [0.4, 0.5) is 0 Å². The summed E-state index contributed by atoms with van der Waals surface area (Å²) in [5, 5.41) is 11.2. The highest BCUT2D eigenvalue weighted by molar-refractivity contribution is 5.91. The molecule has 0 aromatic rings. The Kier molecular flexibility index (Phi) is 3.35. The van der Waals surface area contributed by atoms with E-state index in [0.29, 0.717) is 17.6 Å². The number of carbonyl (C=O) groups is 1. The van der Waals surface area contributed by atoms with Crippen LogP contribution in [-0.2, 0) is 4.79 Å². The minimum atomic E-state index is -0.429. The molecule has 4 aliphatic rings. The van der Waals surface area contributed by atoms with E-state index >= 15 is 0 Å². The zero-order chi connectivity index (χ0) is 15.5. The monoisotopic (exact) mass is 302 g/mol. The van der Waals surface area contributed by atoms with Crippen molar-refractivity contribution in [2.24, 2.45) is 29.1 Å². The van der Waals surface area contributed by atoms with E-state index in [0.717, 1.165) is 43.9 Å². The molecule has 3 saturated carbocycles. The molecular formula is C20H30O2. The minimum absolute atomic E-state index is 0.134. The number of carbonyl (C=O) groups excluding carboxylic acids is 1. The van der Waals surface area contributed by atoms with Crippen LogP contribution in [0.2, 0.25) is 0 Å². The highest BCUT2D eigenvalue weighted by Gasteiger charge is 2.61. The van der Waals surface area contributed by atoms with Crippen molar-refractivity contribution >= 4 is 5.78 Å². The third-order valence-corrected chi connectivity index (χ3v) is 8.21. The molecular weight excluding hydrogens is 272 g/mol. The molecule has 22 heavy (non-hydrogen) atoms. The highest BCUT2D eigenvalue weighted by Crippen LogP contribution is 2.65. The maximum atomic E-state index is 11.7. The second-order valence-electron chi connectivity index (χ2n) is 8.68. The van der Waals surface area contributed by atoms with Crippen LogP contribution in [0.5, 0.6) is 0 Å². The second kappa shape index (κ2) is 4.93. The van der Waals surface area contributed by atoms with Crippen molar-refractivity contribution in [2.45, 2.75) is 77.2 Å². The molecule has 0 aromatic heterocycles. The second-order valence-corrected chi connectivity index (χ2v) is 8.68.